The minimum Gasteiger partial charge on any atom is -0.463 e. The number of hydrogen-bond donors (Lipinski definition) is 2. The van der Waals surface area contributed by atoms with Gasteiger partial charge in [-0.25, -0.2) is 0 Å². The highest BCUT2D eigenvalue weighted by atomic mass is 32.1. The third-order valence-corrected chi connectivity index (χ3v) is 10.7. The molecule has 0 radical (unpaired) electrons. The summed E-state index contributed by atoms with van der Waals surface area (Å²) in [4.78, 5) is 51.3. The Labute approximate surface area is 339 Å². The molecule has 0 saturated carbocycles. The number of benzene rings is 2. The zero-order valence-corrected chi connectivity index (χ0v) is 34.2. The van der Waals surface area contributed by atoms with E-state index in [1.54, 1.807) is 0 Å². The summed E-state index contributed by atoms with van der Waals surface area (Å²) in [5.74, 6) is -2.67. The van der Waals surface area contributed by atoms with Crippen LogP contribution in [0.2, 0.25) is 0 Å². The standard InChI is InChI=1S/C42H56N2O12S/c1-25-35(22-44-18-9-7-6-8-10-19-44)55-42(56-38(25)31-16-14-30(23-45)15-17-31)32-12-11-13-33(20-32)43-37(57)21-34-39(51-27(3)47)41(53-29(5)49)40(52-28(4)48)36(54-34)24-50-26(2)46/h11-17,20,25,34-36,38-42,45H,6-10,18-19,21-24H2,1-5H3,(H,43,57). The zero-order valence-electron chi connectivity index (χ0n) is 33.4. The van der Waals surface area contributed by atoms with Gasteiger partial charge in [-0.05, 0) is 49.2 Å². The highest BCUT2D eigenvalue weighted by Crippen LogP contribution is 2.42. The van der Waals surface area contributed by atoms with E-state index in [0.717, 1.165) is 49.2 Å². The van der Waals surface area contributed by atoms with Crippen molar-refractivity contribution in [3.05, 3.63) is 65.2 Å². The molecule has 2 aromatic carbocycles. The van der Waals surface area contributed by atoms with Crippen molar-refractivity contribution in [2.45, 2.75) is 129 Å². The van der Waals surface area contributed by atoms with Crippen molar-refractivity contribution in [3.63, 3.8) is 0 Å². The van der Waals surface area contributed by atoms with Crippen LogP contribution in [0, 0.1) is 5.92 Å². The molecule has 57 heavy (non-hydrogen) atoms. The van der Waals surface area contributed by atoms with E-state index >= 15 is 0 Å². The minimum absolute atomic E-state index is 0.0175. The Morgan fingerprint density at radius 3 is 1.98 bits per heavy atom. The summed E-state index contributed by atoms with van der Waals surface area (Å²) in [7, 11) is 0. The first kappa shape index (κ1) is 44.1. The van der Waals surface area contributed by atoms with Crippen LogP contribution in [0.3, 0.4) is 0 Å². The lowest BCUT2D eigenvalue weighted by atomic mass is 9.89. The Hall–Kier alpha value is -3.99. The van der Waals surface area contributed by atoms with Gasteiger partial charge in [0.2, 0.25) is 0 Å². The van der Waals surface area contributed by atoms with Gasteiger partial charge in [0.25, 0.3) is 0 Å². The molecule has 2 aromatic rings. The quantitative estimate of drug-likeness (QED) is 0.148. The van der Waals surface area contributed by atoms with E-state index in [0.29, 0.717) is 10.7 Å². The highest BCUT2D eigenvalue weighted by molar-refractivity contribution is 7.80. The van der Waals surface area contributed by atoms with Gasteiger partial charge < -0.3 is 48.5 Å². The largest absolute Gasteiger partial charge is 0.463 e. The van der Waals surface area contributed by atoms with Gasteiger partial charge in [0, 0.05) is 57.8 Å². The highest BCUT2D eigenvalue weighted by Gasteiger charge is 2.52. The zero-order chi connectivity index (χ0) is 41.1. The second kappa shape index (κ2) is 21.1. The lowest BCUT2D eigenvalue weighted by Crippen LogP contribution is -2.62. The van der Waals surface area contributed by atoms with Gasteiger partial charge in [-0.3, -0.25) is 19.2 Å². The first-order valence-corrected chi connectivity index (χ1v) is 20.1. The number of nitrogens with zero attached hydrogens (tertiary/aromatic N) is 1. The Balaban J connectivity index is 1.36. The molecule has 2 N–H and O–H groups in total. The van der Waals surface area contributed by atoms with E-state index in [1.165, 1.54) is 47.0 Å². The molecule has 312 valence electrons. The molecule has 3 aliphatic heterocycles. The fourth-order valence-electron chi connectivity index (χ4n) is 7.72. The van der Waals surface area contributed by atoms with Crippen molar-refractivity contribution in [1.82, 2.24) is 4.90 Å². The maximum atomic E-state index is 12.3. The van der Waals surface area contributed by atoms with E-state index in [9.17, 15) is 24.3 Å². The molecule has 3 heterocycles. The fraction of sp³-hybridized carbons (Fsp3) is 0.595. The van der Waals surface area contributed by atoms with Crippen LogP contribution in [-0.2, 0) is 58.9 Å². The number of anilines is 1. The molecule has 9 unspecified atom stereocenters. The molecule has 5 rings (SSSR count). The van der Waals surface area contributed by atoms with Crippen LogP contribution in [0.15, 0.2) is 48.5 Å². The molecule has 0 spiro atoms. The first-order valence-electron chi connectivity index (χ1n) is 19.7. The van der Waals surface area contributed by atoms with Gasteiger partial charge in [-0.2, -0.15) is 0 Å². The Morgan fingerprint density at radius 2 is 1.37 bits per heavy atom. The molecule has 0 amide bonds. The predicted octanol–water partition coefficient (Wildman–Crippen LogP) is 5.49. The molecule has 9 atom stereocenters. The third kappa shape index (κ3) is 12.7. The molecule has 3 saturated heterocycles. The monoisotopic (exact) mass is 812 g/mol. The van der Waals surface area contributed by atoms with Crippen LogP contribution in [0.25, 0.3) is 0 Å². The van der Waals surface area contributed by atoms with Crippen LogP contribution >= 0.6 is 12.2 Å². The Kier molecular flexibility index (Phi) is 16.4. The molecular formula is C42H56N2O12S. The van der Waals surface area contributed by atoms with Crippen LogP contribution in [0.5, 0.6) is 0 Å². The average Bonchev–Trinajstić information content (AvgIpc) is 3.14. The summed E-state index contributed by atoms with van der Waals surface area (Å²) >= 11 is 5.81. The number of ether oxygens (including phenoxy) is 7. The number of thiocarbonyl (C=S) groups is 1. The topological polar surface area (TPSA) is 168 Å². The lowest BCUT2D eigenvalue weighted by molar-refractivity contribution is -0.276. The average molecular weight is 813 g/mol. The minimum atomic E-state index is -1.29. The molecule has 14 nitrogen and oxygen atoms in total. The third-order valence-electron chi connectivity index (χ3n) is 10.4. The number of aliphatic hydroxyl groups is 1. The van der Waals surface area contributed by atoms with Crippen LogP contribution in [-0.4, -0.2) is 102 Å². The number of esters is 4. The van der Waals surface area contributed by atoms with Gasteiger partial charge in [0.1, 0.15) is 18.8 Å². The SMILES string of the molecule is CC(=O)OCC1OC(CC(=S)Nc2cccc(C3OC(CN4CCCCCCC4)C(C)C(c4ccc(CO)cc4)O3)c2)C(OC(C)=O)C(OC(C)=O)C1OC(C)=O. The van der Waals surface area contributed by atoms with Crippen LogP contribution in [0.4, 0.5) is 5.69 Å². The maximum absolute atomic E-state index is 12.3. The number of carbonyl (C=O) groups is 4. The maximum Gasteiger partial charge on any atom is 0.303 e. The van der Waals surface area contributed by atoms with Gasteiger partial charge in [-0.1, -0.05) is 74.8 Å². The van der Waals surface area contributed by atoms with Gasteiger partial charge in [-0.15, -0.1) is 0 Å². The molecule has 3 fully saturated rings. The molecular weight excluding hydrogens is 757 g/mol. The summed E-state index contributed by atoms with van der Waals surface area (Å²) in [6.07, 6.45) is -0.868. The molecule has 0 aliphatic carbocycles. The summed E-state index contributed by atoms with van der Waals surface area (Å²) in [6.45, 7) is 9.40. The Bertz CT molecular complexity index is 1680. The summed E-state index contributed by atoms with van der Waals surface area (Å²) in [5.41, 5.74) is 3.24. The second-order valence-electron chi connectivity index (χ2n) is 15.0. The number of nitrogens with one attached hydrogen (secondary N) is 1. The van der Waals surface area contributed by atoms with Crippen molar-refractivity contribution >= 4 is 46.8 Å². The van der Waals surface area contributed by atoms with Gasteiger partial charge >= 0.3 is 23.9 Å². The molecule has 3 aliphatic rings. The van der Waals surface area contributed by atoms with E-state index in [4.69, 9.17) is 45.4 Å². The van der Waals surface area contributed by atoms with E-state index in [-0.39, 0.29) is 37.8 Å². The van der Waals surface area contributed by atoms with Crippen LogP contribution in [0.1, 0.15) is 102 Å². The number of likely N-dealkylation sites (tertiary alicyclic amines) is 1. The van der Waals surface area contributed by atoms with Crippen molar-refractivity contribution in [2.24, 2.45) is 5.92 Å². The number of hydrogen-bond acceptors (Lipinski definition) is 14. The Morgan fingerprint density at radius 1 is 0.754 bits per heavy atom. The van der Waals surface area contributed by atoms with Crippen molar-refractivity contribution < 1.29 is 57.4 Å². The van der Waals surface area contributed by atoms with E-state index in [2.05, 4.69) is 17.1 Å². The normalized spacial score (nSPS) is 28.2. The summed E-state index contributed by atoms with van der Waals surface area (Å²) in [6, 6.07) is 15.4. The van der Waals surface area contributed by atoms with Gasteiger partial charge in [0.05, 0.1) is 23.8 Å². The first-order chi connectivity index (χ1) is 27.3. The fourth-order valence-corrected chi connectivity index (χ4v) is 8.00. The number of aliphatic hydroxyl groups excluding tert-OH is 1. The summed E-state index contributed by atoms with van der Waals surface area (Å²) in [5, 5.41) is 12.9. The number of carbonyl (C=O) groups excluding carboxylic acids is 4. The van der Waals surface area contributed by atoms with Crippen molar-refractivity contribution in [2.75, 3.05) is 31.6 Å². The number of rotatable bonds is 13. The van der Waals surface area contributed by atoms with Gasteiger partial charge in [0.15, 0.2) is 24.6 Å². The van der Waals surface area contributed by atoms with E-state index < -0.39 is 60.7 Å². The molecule has 0 aromatic heterocycles. The second-order valence-corrected chi connectivity index (χ2v) is 15.5. The smallest absolute Gasteiger partial charge is 0.303 e. The van der Waals surface area contributed by atoms with Crippen molar-refractivity contribution in [1.29, 1.82) is 0 Å². The molecule has 0 bridgehead atoms. The molecule has 15 heteroatoms. The van der Waals surface area contributed by atoms with Crippen molar-refractivity contribution in [3.8, 4) is 0 Å². The predicted molar refractivity (Wildman–Crippen MR) is 212 cm³/mol. The lowest BCUT2D eigenvalue weighted by Gasteiger charge is -2.44. The van der Waals surface area contributed by atoms with Crippen LogP contribution < -0.4 is 5.32 Å². The summed E-state index contributed by atoms with van der Waals surface area (Å²) < 4.78 is 41.7. The van der Waals surface area contributed by atoms with E-state index in [1.807, 2.05) is 48.5 Å².